The highest BCUT2D eigenvalue weighted by atomic mass is 16.2. The van der Waals surface area contributed by atoms with Gasteiger partial charge in [-0.05, 0) is 59.3 Å². The standard InChI is InChI=1S/C25H19N3O2/c29-23(27-20-9-7-17(8-10-20)15-18-11-13-26-14-12-18)16-28-22-6-2-4-19-3-1-5-21(24(19)22)25(28)30/h1-14H,15-16H2,(H,27,29). The third kappa shape index (κ3) is 3.31. The van der Waals surface area contributed by atoms with Crippen molar-refractivity contribution in [2.24, 2.45) is 0 Å². The van der Waals surface area contributed by atoms with E-state index in [-0.39, 0.29) is 18.4 Å². The summed E-state index contributed by atoms with van der Waals surface area (Å²) in [6.45, 7) is -0.0224. The molecule has 146 valence electrons. The van der Waals surface area contributed by atoms with Gasteiger partial charge in [0.25, 0.3) is 5.91 Å². The van der Waals surface area contributed by atoms with E-state index >= 15 is 0 Å². The number of aromatic nitrogens is 1. The number of amides is 2. The Morgan fingerprint density at radius 2 is 1.57 bits per heavy atom. The Balaban J connectivity index is 1.28. The third-order valence-corrected chi connectivity index (χ3v) is 5.35. The van der Waals surface area contributed by atoms with Crippen LogP contribution < -0.4 is 10.2 Å². The number of pyridine rings is 1. The minimum absolute atomic E-state index is 0.0224. The van der Waals surface area contributed by atoms with E-state index in [9.17, 15) is 9.59 Å². The van der Waals surface area contributed by atoms with Gasteiger partial charge in [0.1, 0.15) is 6.54 Å². The highest BCUT2D eigenvalue weighted by Gasteiger charge is 2.30. The summed E-state index contributed by atoms with van der Waals surface area (Å²) in [6, 6.07) is 23.2. The summed E-state index contributed by atoms with van der Waals surface area (Å²) >= 11 is 0. The molecule has 0 saturated carbocycles. The van der Waals surface area contributed by atoms with Crippen LogP contribution in [0.3, 0.4) is 0 Å². The predicted octanol–water partition coefficient (Wildman–Crippen LogP) is 4.42. The van der Waals surface area contributed by atoms with Crippen LogP contribution >= 0.6 is 0 Å². The summed E-state index contributed by atoms with van der Waals surface area (Å²) in [4.78, 5) is 31.1. The van der Waals surface area contributed by atoms with E-state index in [2.05, 4.69) is 10.3 Å². The predicted molar refractivity (Wildman–Crippen MR) is 118 cm³/mol. The van der Waals surface area contributed by atoms with Gasteiger partial charge in [0, 0.05) is 29.0 Å². The minimum atomic E-state index is -0.227. The SMILES string of the molecule is O=C(CN1C(=O)c2cccc3cccc1c23)Nc1ccc(Cc2ccncc2)cc1. The lowest BCUT2D eigenvalue weighted by molar-refractivity contribution is -0.114. The van der Waals surface area contributed by atoms with E-state index in [0.29, 0.717) is 11.3 Å². The molecule has 0 unspecified atom stereocenters. The zero-order valence-electron chi connectivity index (χ0n) is 16.2. The quantitative estimate of drug-likeness (QED) is 0.546. The van der Waals surface area contributed by atoms with Gasteiger partial charge in [-0.1, -0.05) is 36.4 Å². The largest absolute Gasteiger partial charge is 0.325 e. The molecule has 1 aromatic heterocycles. The van der Waals surface area contributed by atoms with Gasteiger partial charge in [0.15, 0.2) is 0 Å². The van der Waals surface area contributed by atoms with Gasteiger partial charge in [-0.15, -0.1) is 0 Å². The second-order valence-electron chi connectivity index (χ2n) is 7.35. The molecule has 2 amide bonds. The van der Waals surface area contributed by atoms with Crippen LogP contribution in [0, 0.1) is 0 Å². The molecule has 2 heterocycles. The van der Waals surface area contributed by atoms with Gasteiger partial charge >= 0.3 is 0 Å². The van der Waals surface area contributed by atoms with Crippen LogP contribution in [-0.4, -0.2) is 23.3 Å². The maximum Gasteiger partial charge on any atom is 0.259 e. The van der Waals surface area contributed by atoms with Gasteiger partial charge in [0.2, 0.25) is 5.91 Å². The topological polar surface area (TPSA) is 62.3 Å². The fourth-order valence-electron chi connectivity index (χ4n) is 3.92. The van der Waals surface area contributed by atoms with Crippen LogP contribution in [-0.2, 0) is 11.2 Å². The highest BCUT2D eigenvalue weighted by molar-refractivity contribution is 6.26. The molecular formula is C25H19N3O2. The van der Waals surface area contributed by atoms with Gasteiger partial charge in [-0.25, -0.2) is 0 Å². The Hall–Kier alpha value is -3.99. The van der Waals surface area contributed by atoms with Gasteiger partial charge < -0.3 is 5.32 Å². The van der Waals surface area contributed by atoms with Crippen molar-refractivity contribution >= 4 is 34.0 Å². The molecule has 1 N–H and O–H groups in total. The Morgan fingerprint density at radius 3 is 2.33 bits per heavy atom. The van der Waals surface area contributed by atoms with Crippen LogP contribution in [0.5, 0.6) is 0 Å². The number of hydrogen-bond donors (Lipinski definition) is 1. The molecule has 30 heavy (non-hydrogen) atoms. The van der Waals surface area contributed by atoms with Crippen LogP contribution in [0.2, 0.25) is 0 Å². The van der Waals surface area contributed by atoms with Crippen molar-refractivity contribution in [1.82, 2.24) is 4.98 Å². The van der Waals surface area contributed by atoms with E-state index in [1.54, 1.807) is 17.3 Å². The molecule has 0 aliphatic carbocycles. The summed E-state index contributed by atoms with van der Waals surface area (Å²) in [5.74, 6) is -0.361. The number of hydrogen-bond acceptors (Lipinski definition) is 3. The Labute approximate surface area is 174 Å². The summed E-state index contributed by atoms with van der Waals surface area (Å²) in [6.07, 6.45) is 4.37. The first kappa shape index (κ1) is 18.1. The number of nitrogens with one attached hydrogen (secondary N) is 1. The number of nitrogens with zero attached hydrogens (tertiary/aromatic N) is 2. The fourth-order valence-corrected chi connectivity index (χ4v) is 3.92. The Bertz CT molecular complexity index is 1250. The first-order valence-electron chi connectivity index (χ1n) is 9.80. The Morgan fingerprint density at radius 1 is 0.867 bits per heavy atom. The maximum atomic E-state index is 12.8. The molecular weight excluding hydrogens is 374 g/mol. The van der Waals surface area contributed by atoms with E-state index in [1.807, 2.05) is 72.8 Å². The van der Waals surface area contributed by atoms with Crippen molar-refractivity contribution in [2.45, 2.75) is 6.42 Å². The normalized spacial score (nSPS) is 12.4. The average molecular weight is 393 g/mol. The first-order valence-corrected chi connectivity index (χ1v) is 9.80. The number of carbonyl (C=O) groups is 2. The summed E-state index contributed by atoms with van der Waals surface area (Å²) < 4.78 is 0. The number of carbonyl (C=O) groups excluding carboxylic acids is 2. The molecule has 1 aliphatic rings. The number of benzene rings is 3. The molecule has 5 rings (SSSR count). The zero-order chi connectivity index (χ0) is 20.5. The van der Waals surface area contributed by atoms with Crippen molar-refractivity contribution in [3.63, 3.8) is 0 Å². The van der Waals surface area contributed by atoms with E-state index in [1.165, 1.54) is 5.56 Å². The molecule has 0 saturated heterocycles. The van der Waals surface area contributed by atoms with Gasteiger partial charge in [-0.3, -0.25) is 19.5 Å². The van der Waals surface area contributed by atoms with Crippen molar-refractivity contribution in [2.75, 3.05) is 16.8 Å². The smallest absolute Gasteiger partial charge is 0.259 e. The van der Waals surface area contributed by atoms with Gasteiger partial charge in [-0.2, -0.15) is 0 Å². The Kier molecular flexibility index (Phi) is 4.48. The molecule has 5 nitrogen and oxygen atoms in total. The molecule has 1 aliphatic heterocycles. The average Bonchev–Trinajstić information content (AvgIpc) is 3.04. The van der Waals surface area contributed by atoms with Crippen molar-refractivity contribution in [3.8, 4) is 0 Å². The molecule has 0 bridgehead atoms. The van der Waals surface area contributed by atoms with E-state index in [4.69, 9.17) is 0 Å². The van der Waals surface area contributed by atoms with Crippen LogP contribution in [0.1, 0.15) is 21.5 Å². The third-order valence-electron chi connectivity index (χ3n) is 5.35. The highest BCUT2D eigenvalue weighted by Crippen LogP contribution is 2.36. The van der Waals surface area contributed by atoms with Crippen LogP contribution in [0.25, 0.3) is 10.8 Å². The fraction of sp³-hybridized carbons (Fsp3) is 0.0800. The summed E-state index contributed by atoms with van der Waals surface area (Å²) in [5.41, 5.74) is 4.48. The molecule has 4 aromatic rings. The summed E-state index contributed by atoms with van der Waals surface area (Å²) in [7, 11) is 0. The summed E-state index contributed by atoms with van der Waals surface area (Å²) in [5, 5.41) is 4.82. The molecule has 0 radical (unpaired) electrons. The molecule has 0 spiro atoms. The van der Waals surface area contributed by atoms with Crippen molar-refractivity contribution in [1.29, 1.82) is 0 Å². The van der Waals surface area contributed by atoms with Crippen molar-refractivity contribution < 1.29 is 9.59 Å². The lowest BCUT2D eigenvalue weighted by atomic mass is 10.1. The maximum absolute atomic E-state index is 12.8. The van der Waals surface area contributed by atoms with E-state index < -0.39 is 0 Å². The van der Waals surface area contributed by atoms with Gasteiger partial charge in [0.05, 0.1) is 5.69 Å². The number of anilines is 2. The monoisotopic (exact) mass is 393 g/mol. The number of rotatable bonds is 5. The van der Waals surface area contributed by atoms with Crippen LogP contribution in [0.15, 0.2) is 85.2 Å². The molecule has 3 aromatic carbocycles. The van der Waals surface area contributed by atoms with Crippen LogP contribution in [0.4, 0.5) is 11.4 Å². The van der Waals surface area contributed by atoms with Crippen molar-refractivity contribution in [3.05, 3.63) is 102 Å². The lowest BCUT2D eigenvalue weighted by Crippen LogP contribution is -2.35. The lowest BCUT2D eigenvalue weighted by Gasteiger charge is -2.17. The minimum Gasteiger partial charge on any atom is -0.325 e. The molecule has 5 heteroatoms. The molecule has 0 fully saturated rings. The molecule has 0 atom stereocenters. The second-order valence-corrected chi connectivity index (χ2v) is 7.35. The van der Waals surface area contributed by atoms with E-state index in [0.717, 1.165) is 28.4 Å². The first-order chi connectivity index (χ1) is 14.7. The zero-order valence-corrected chi connectivity index (χ0v) is 16.2. The second kappa shape index (κ2) is 7.44.